The van der Waals surface area contributed by atoms with E-state index in [4.69, 9.17) is 10.1 Å². The number of benzene rings is 2. The van der Waals surface area contributed by atoms with E-state index in [9.17, 15) is 8.42 Å². The Balaban J connectivity index is 1.37. The van der Waals surface area contributed by atoms with Crippen molar-refractivity contribution in [1.29, 1.82) is 0 Å². The van der Waals surface area contributed by atoms with E-state index in [1.165, 1.54) is 38.4 Å². The summed E-state index contributed by atoms with van der Waals surface area (Å²) in [5.41, 5.74) is 7.44. The van der Waals surface area contributed by atoms with Gasteiger partial charge in [-0.3, -0.25) is 9.36 Å². The smallest absolute Gasteiger partial charge is 0.242 e. The van der Waals surface area contributed by atoms with Crippen LogP contribution in [0.2, 0.25) is 0 Å². The van der Waals surface area contributed by atoms with E-state index in [2.05, 4.69) is 37.0 Å². The second-order valence-electron chi connectivity index (χ2n) is 11.6. The Kier molecular flexibility index (Phi) is 7.37. The number of nitrogens with zero attached hydrogens (tertiary/aromatic N) is 8. The van der Waals surface area contributed by atoms with Crippen LogP contribution in [0.25, 0.3) is 38.9 Å². The molecule has 0 aliphatic heterocycles. The molecule has 228 valence electrons. The summed E-state index contributed by atoms with van der Waals surface area (Å²) in [5, 5.41) is 16.1. The lowest BCUT2D eigenvalue weighted by Crippen LogP contribution is -2.22. The van der Waals surface area contributed by atoms with Crippen molar-refractivity contribution >= 4 is 32.0 Å². The van der Waals surface area contributed by atoms with Crippen molar-refractivity contribution in [3.8, 4) is 16.9 Å². The fourth-order valence-corrected chi connectivity index (χ4v) is 6.63. The monoisotopic (exact) mass is 614 g/mol. The predicted octanol–water partition coefficient (Wildman–Crippen LogP) is 5.87. The number of sulfonamides is 1. The van der Waals surface area contributed by atoms with Crippen molar-refractivity contribution in [3.05, 3.63) is 83.4 Å². The van der Waals surface area contributed by atoms with Gasteiger partial charge in [0.25, 0.3) is 0 Å². The molecule has 0 spiro atoms. The third kappa shape index (κ3) is 5.07. The lowest BCUT2D eigenvalue weighted by molar-refractivity contribution is 0.293. The van der Waals surface area contributed by atoms with Crippen LogP contribution in [0, 0.1) is 13.8 Å². The summed E-state index contributed by atoms with van der Waals surface area (Å²) in [5.74, 6) is 0.189. The summed E-state index contributed by atoms with van der Waals surface area (Å²) in [7, 11) is 1.22. The molecule has 4 aromatic heterocycles. The van der Waals surface area contributed by atoms with Crippen molar-refractivity contribution in [2.75, 3.05) is 14.1 Å². The summed E-state index contributed by atoms with van der Waals surface area (Å²) in [6.07, 6.45) is 2.42. The number of hydrogen-bond acceptors (Lipinski definition) is 6. The van der Waals surface area contributed by atoms with Gasteiger partial charge >= 0.3 is 0 Å². The van der Waals surface area contributed by atoms with Gasteiger partial charge in [-0.15, -0.1) is 0 Å². The van der Waals surface area contributed by atoms with E-state index in [0.29, 0.717) is 11.2 Å². The predicted molar refractivity (Wildman–Crippen MR) is 169 cm³/mol. The molecule has 4 heterocycles. The molecule has 6 rings (SSSR count). The number of pyridine rings is 1. The number of hydrogen-bond donors (Lipinski definition) is 0. The molecule has 0 aliphatic rings. The maximum absolute atomic E-state index is 15.5. The fourth-order valence-electron chi connectivity index (χ4n) is 5.73. The second-order valence-corrected chi connectivity index (χ2v) is 13.8. The van der Waals surface area contributed by atoms with Crippen molar-refractivity contribution < 1.29 is 12.8 Å². The normalized spacial score (nSPS) is 13.1. The molecule has 0 radical (unpaired) electrons. The molecule has 0 saturated carbocycles. The third-order valence-corrected chi connectivity index (χ3v) is 9.79. The van der Waals surface area contributed by atoms with Crippen molar-refractivity contribution in [3.63, 3.8) is 0 Å². The highest BCUT2D eigenvalue weighted by Crippen LogP contribution is 2.37. The van der Waals surface area contributed by atoms with Crippen LogP contribution in [-0.2, 0) is 23.6 Å². The number of alkyl halides is 1. The quantitative estimate of drug-likeness (QED) is 0.212. The van der Waals surface area contributed by atoms with Crippen LogP contribution in [0.15, 0.2) is 65.8 Å². The maximum atomic E-state index is 15.5. The van der Waals surface area contributed by atoms with E-state index >= 15 is 4.39 Å². The first-order chi connectivity index (χ1) is 20.8. The summed E-state index contributed by atoms with van der Waals surface area (Å²) in [6.45, 7) is 8.32. The molecular weight excluding hydrogens is 579 g/mol. The van der Waals surface area contributed by atoms with Crippen LogP contribution in [0.4, 0.5) is 4.39 Å². The topological polar surface area (TPSA) is 104 Å². The van der Waals surface area contributed by atoms with Crippen LogP contribution >= 0.6 is 0 Å². The molecule has 0 unspecified atom stereocenters. The largest absolute Gasteiger partial charge is 0.273 e. The van der Waals surface area contributed by atoms with Crippen LogP contribution in [-0.4, -0.2) is 61.1 Å². The lowest BCUT2D eigenvalue weighted by Gasteiger charge is -2.13. The van der Waals surface area contributed by atoms with Crippen molar-refractivity contribution in [1.82, 2.24) is 38.6 Å². The molecule has 0 bridgehead atoms. The number of halogens is 1. The first-order valence-corrected chi connectivity index (χ1v) is 15.8. The lowest BCUT2D eigenvalue weighted by atomic mass is 9.95. The van der Waals surface area contributed by atoms with Gasteiger partial charge in [-0.1, -0.05) is 38.1 Å². The molecule has 1 atom stereocenters. The molecule has 44 heavy (non-hydrogen) atoms. The van der Waals surface area contributed by atoms with Crippen molar-refractivity contribution in [2.24, 2.45) is 7.05 Å². The molecular formula is C32H35FN8O2S. The minimum atomic E-state index is -3.59. The van der Waals surface area contributed by atoms with Gasteiger partial charge in [-0.25, -0.2) is 26.8 Å². The summed E-state index contributed by atoms with van der Waals surface area (Å²) < 4.78 is 46.7. The third-order valence-electron chi connectivity index (χ3n) is 7.96. The second kappa shape index (κ2) is 10.9. The Bertz CT molecular complexity index is 2130. The molecule has 10 nitrogen and oxygen atoms in total. The number of aryl methyl sites for hydroxylation is 2. The zero-order chi connectivity index (χ0) is 31.5. The van der Waals surface area contributed by atoms with Gasteiger partial charge in [0.05, 0.1) is 34.0 Å². The first kappa shape index (κ1) is 29.6. The Labute approximate surface area is 255 Å². The van der Waals surface area contributed by atoms with Crippen LogP contribution in [0.5, 0.6) is 0 Å². The average molecular weight is 615 g/mol. The zero-order valence-corrected chi connectivity index (χ0v) is 26.6. The van der Waals surface area contributed by atoms with Gasteiger partial charge in [0, 0.05) is 61.1 Å². The van der Waals surface area contributed by atoms with Crippen LogP contribution in [0.3, 0.4) is 0 Å². The van der Waals surface area contributed by atoms with Gasteiger partial charge in [0.2, 0.25) is 10.0 Å². The number of rotatable bonds is 8. The molecule has 0 amide bonds. The van der Waals surface area contributed by atoms with Gasteiger partial charge < -0.3 is 0 Å². The first-order valence-electron chi connectivity index (χ1n) is 14.4. The summed E-state index contributed by atoms with van der Waals surface area (Å²) in [6, 6.07) is 13.8. The minimum Gasteiger partial charge on any atom is -0.273 e. The van der Waals surface area contributed by atoms with Gasteiger partial charge in [0.15, 0.2) is 5.65 Å². The van der Waals surface area contributed by atoms with E-state index in [0.717, 1.165) is 54.5 Å². The molecule has 12 heteroatoms. The standard InChI is InChI=1S/C32H35FN8O2S/c1-19(2)30-21(4)41(29-15-23-16-39(7)37-32(23)34-20(29)3)36-31(30)25-9-8-10-28-26(25)17-40(35-28)18-27(33)22-11-13-24(14-12-22)44(42,43)38(5)6/h8-17,19,27H,18H2,1-7H3/t27-/m0/s1. The van der Waals surface area contributed by atoms with Gasteiger partial charge in [-0.2, -0.15) is 15.3 Å². The summed E-state index contributed by atoms with van der Waals surface area (Å²) in [4.78, 5) is 4.85. The highest BCUT2D eigenvalue weighted by atomic mass is 32.2. The van der Waals surface area contributed by atoms with Crippen molar-refractivity contribution in [2.45, 2.75) is 51.2 Å². The van der Waals surface area contributed by atoms with Crippen LogP contribution in [0.1, 0.15) is 48.5 Å². The average Bonchev–Trinajstić information content (AvgIpc) is 3.65. The van der Waals surface area contributed by atoms with E-state index in [1.54, 1.807) is 9.36 Å². The highest BCUT2D eigenvalue weighted by molar-refractivity contribution is 7.89. The number of fused-ring (bicyclic) bond motifs is 2. The Morgan fingerprint density at radius 1 is 0.977 bits per heavy atom. The molecule has 0 N–H and O–H groups in total. The Hall–Kier alpha value is -4.42. The molecule has 0 saturated heterocycles. The molecule has 2 aromatic carbocycles. The maximum Gasteiger partial charge on any atom is 0.242 e. The highest BCUT2D eigenvalue weighted by Gasteiger charge is 2.24. The van der Waals surface area contributed by atoms with E-state index in [1.807, 2.05) is 49.2 Å². The molecule has 0 fully saturated rings. The van der Waals surface area contributed by atoms with Gasteiger partial charge in [-0.05, 0) is 49.6 Å². The fraction of sp³-hybridized carbons (Fsp3) is 0.312. The van der Waals surface area contributed by atoms with E-state index in [-0.39, 0.29) is 17.4 Å². The Morgan fingerprint density at radius 2 is 1.70 bits per heavy atom. The number of aromatic nitrogens is 7. The SMILES string of the molecule is Cc1nc2nn(C)cc2cc1-n1nc(-c2cccc3nn(C[C@H](F)c4ccc(S(=O)(=O)N(C)C)cc4)cc23)c(C(C)C)c1C. The van der Waals surface area contributed by atoms with Crippen LogP contribution < -0.4 is 0 Å². The minimum absolute atomic E-state index is 0.0195. The molecule has 0 aliphatic carbocycles. The molecule has 6 aromatic rings. The van der Waals surface area contributed by atoms with E-state index < -0.39 is 16.2 Å². The Morgan fingerprint density at radius 3 is 2.39 bits per heavy atom. The summed E-state index contributed by atoms with van der Waals surface area (Å²) >= 11 is 0. The van der Waals surface area contributed by atoms with Gasteiger partial charge in [0.1, 0.15) is 6.17 Å². The zero-order valence-electron chi connectivity index (χ0n) is 25.8.